The van der Waals surface area contributed by atoms with E-state index in [1.807, 2.05) is 0 Å². The van der Waals surface area contributed by atoms with Gasteiger partial charge in [-0.05, 0) is 30.3 Å². The Balaban J connectivity index is 2.65. The molecular weight excluding hydrogens is 335 g/mol. The van der Waals surface area contributed by atoms with Gasteiger partial charge in [0, 0.05) is 16.1 Å². The predicted octanol–water partition coefficient (Wildman–Crippen LogP) is 6.05. The Morgan fingerprint density at radius 3 is 2.30 bits per heavy atom. The fourth-order valence-electron chi connectivity index (χ4n) is 1.66. The molecule has 0 heterocycles. The summed E-state index contributed by atoms with van der Waals surface area (Å²) in [5.74, 6) is -0.851. The Morgan fingerprint density at radius 2 is 1.65 bits per heavy atom. The summed E-state index contributed by atoms with van der Waals surface area (Å²) < 4.78 is 42.4. The Morgan fingerprint density at radius 1 is 0.950 bits per heavy atom. The van der Waals surface area contributed by atoms with Gasteiger partial charge in [0.05, 0.1) is 10.0 Å². The fourth-order valence-corrected chi connectivity index (χ4v) is 2.37. The molecule has 106 valence electrons. The Labute approximate surface area is 127 Å². The normalized spacial score (nSPS) is 10.9. The minimum atomic E-state index is -3.05. The quantitative estimate of drug-likeness (QED) is 0.617. The molecule has 2 rings (SSSR count). The van der Waals surface area contributed by atoms with Crippen LogP contribution in [-0.2, 0) is 0 Å². The molecule has 20 heavy (non-hydrogen) atoms. The zero-order valence-electron chi connectivity index (χ0n) is 9.64. The van der Waals surface area contributed by atoms with Crippen molar-refractivity contribution in [3.05, 3.63) is 51.2 Å². The highest BCUT2D eigenvalue weighted by molar-refractivity contribution is 6.45. The third-order valence-electron chi connectivity index (χ3n) is 2.44. The van der Waals surface area contributed by atoms with E-state index < -0.39 is 12.4 Å². The van der Waals surface area contributed by atoms with Gasteiger partial charge in [-0.25, -0.2) is 4.39 Å². The number of benzene rings is 2. The average Bonchev–Trinajstić information content (AvgIpc) is 2.35. The predicted molar refractivity (Wildman–Crippen MR) is 73.5 cm³/mol. The van der Waals surface area contributed by atoms with E-state index in [-0.39, 0.29) is 31.9 Å². The van der Waals surface area contributed by atoms with Crippen LogP contribution in [0.15, 0.2) is 30.3 Å². The number of ether oxygens (including phenoxy) is 1. The van der Waals surface area contributed by atoms with Gasteiger partial charge in [0.25, 0.3) is 0 Å². The van der Waals surface area contributed by atoms with Crippen LogP contribution < -0.4 is 4.74 Å². The summed E-state index contributed by atoms with van der Waals surface area (Å²) in [6, 6.07) is 5.89. The monoisotopic (exact) mass is 340 g/mol. The third kappa shape index (κ3) is 3.32. The van der Waals surface area contributed by atoms with Crippen LogP contribution in [0.5, 0.6) is 5.75 Å². The summed E-state index contributed by atoms with van der Waals surface area (Å²) in [6.45, 7) is -3.05. The van der Waals surface area contributed by atoms with Crippen molar-refractivity contribution in [3.8, 4) is 16.9 Å². The number of alkyl halides is 2. The Hall–Kier alpha value is -1.10. The summed E-state index contributed by atoms with van der Waals surface area (Å²) in [7, 11) is 0. The minimum absolute atomic E-state index is 0.0414. The second-order valence-corrected chi connectivity index (χ2v) is 4.99. The van der Waals surface area contributed by atoms with Crippen molar-refractivity contribution >= 4 is 34.8 Å². The number of rotatable bonds is 3. The third-order valence-corrected chi connectivity index (χ3v) is 3.46. The van der Waals surface area contributed by atoms with E-state index in [4.69, 9.17) is 34.8 Å². The molecule has 0 saturated heterocycles. The molecule has 0 aliphatic carbocycles. The van der Waals surface area contributed by atoms with Crippen LogP contribution in [0.1, 0.15) is 0 Å². The molecular formula is C13H6Cl3F3O. The molecule has 7 heteroatoms. The molecule has 0 spiro atoms. The summed E-state index contributed by atoms with van der Waals surface area (Å²) >= 11 is 17.7. The van der Waals surface area contributed by atoms with Gasteiger partial charge in [0.15, 0.2) is 0 Å². The van der Waals surface area contributed by atoms with Gasteiger partial charge in [-0.2, -0.15) is 8.78 Å². The lowest BCUT2D eigenvalue weighted by Gasteiger charge is -2.13. The number of halogens is 6. The van der Waals surface area contributed by atoms with Gasteiger partial charge < -0.3 is 4.74 Å². The van der Waals surface area contributed by atoms with E-state index >= 15 is 0 Å². The SMILES string of the molecule is Fc1ccc(OC(F)F)c(-c2cc(Cl)cc(Cl)c2Cl)c1. The molecule has 0 N–H and O–H groups in total. The zero-order chi connectivity index (χ0) is 14.9. The topological polar surface area (TPSA) is 9.23 Å². The van der Waals surface area contributed by atoms with Crippen molar-refractivity contribution < 1.29 is 17.9 Å². The molecule has 0 atom stereocenters. The Bertz CT molecular complexity index is 647. The lowest BCUT2D eigenvalue weighted by Crippen LogP contribution is -2.03. The van der Waals surface area contributed by atoms with Crippen LogP contribution >= 0.6 is 34.8 Å². The molecule has 0 bridgehead atoms. The van der Waals surface area contributed by atoms with Gasteiger partial charge in [0.1, 0.15) is 11.6 Å². The summed E-state index contributed by atoms with van der Waals surface area (Å²) in [6.07, 6.45) is 0. The molecule has 0 aliphatic heterocycles. The van der Waals surface area contributed by atoms with E-state index in [1.165, 1.54) is 12.1 Å². The highest BCUT2D eigenvalue weighted by atomic mass is 35.5. The first-order valence-electron chi connectivity index (χ1n) is 5.27. The lowest BCUT2D eigenvalue weighted by atomic mass is 10.0. The van der Waals surface area contributed by atoms with Crippen molar-refractivity contribution in [1.82, 2.24) is 0 Å². The smallest absolute Gasteiger partial charge is 0.387 e. The molecule has 0 unspecified atom stereocenters. The zero-order valence-corrected chi connectivity index (χ0v) is 11.9. The maximum Gasteiger partial charge on any atom is 0.387 e. The molecule has 0 amide bonds. The first-order valence-corrected chi connectivity index (χ1v) is 6.41. The molecule has 0 radical (unpaired) electrons. The fraction of sp³-hybridized carbons (Fsp3) is 0.0769. The van der Waals surface area contributed by atoms with Crippen molar-refractivity contribution in [1.29, 1.82) is 0 Å². The molecule has 2 aromatic carbocycles. The summed E-state index contributed by atoms with van der Waals surface area (Å²) in [5, 5.41) is 0.434. The van der Waals surface area contributed by atoms with E-state index in [0.29, 0.717) is 0 Å². The second-order valence-electron chi connectivity index (χ2n) is 3.77. The van der Waals surface area contributed by atoms with E-state index in [9.17, 15) is 13.2 Å². The Kier molecular flexibility index (Phi) is 4.68. The van der Waals surface area contributed by atoms with Gasteiger partial charge in [-0.1, -0.05) is 34.8 Å². The maximum atomic E-state index is 13.4. The van der Waals surface area contributed by atoms with E-state index in [2.05, 4.69) is 4.74 Å². The molecule has 0 fully saturated rings. The van der Waals surface area contributed by atoms with Crippen LogP contribution in [0, 0.1) is 5.82 Å². The largest absolute Gasteiger partial charge is 0.434 e. The van der Waals surface area contributed by atoms with Crippen LogP contribution in [-0.4, -0.2) is 6.61 Å². The van der Waals surface area contributed by atoms with Crippen molar-refractivity contribution in [2.45, 2.75) is 6.61 Å². The van der Waals surface area contributed by atoms with E-state index in [0.717, 1.165) is 18.2 Å². The maximum absolute atomic E-state index is 13.4. The van der Waals surface area contributed by atoms with Crippen LogP contribution in [0.3, 0.4) is 0 Å². The number of hydrogen-bond donors (Lipinski definition) is 0. The highest BCUT2D eigenvalue weighted by Crippen LogP contribution is 2.41. The molecule has 0 aliphatic rings. The lowest BCUT2D eigenvalue weighted by molar-refractivity contribution is -0.0494. The second kappa shape index (κ2) is 6.12. The number of hydrogen-bond acceptors (Lipinski definition) is 1. The molecule has 0 saturated carbocycles. The van der Waals surface area contributed by atoms with Crippen molar-refractivity contribution in [2.75, 3.05) is 0 Å². The standard InChI is InChI=1S/C13H6Cl3F3O/c14-6-3-9(12(16)10(15)4-6)8-5-7(17)1-2-11(8)20-13(18)19/h1-5,13H. The van der Waals surface area contributed by atoms with Crippen LogP contribution in [0.4, 0.5) is 13.2 Å². The van der Waals surface area contributed by atoms with Gasteiger partial charge >= 0.3 is 6.61 Å². The van der Waals surface area contributed by atoms with Gasteiger partial charge in [-0.3, -0.25) is 0 Å². The molecule has 1 nitrogen and oxygen atoms in total. The first-order chi connectivity index (χ1) is 9.38. The molecule has 2 aromatic rings. The average molecular weight is 342 g/mol. The first kappa shape index (κ1) is 15.3. The summed E-state index contributed by atoms with van der Waals surface area (Å²) in [4.78, 5) is 0. The van der Waals surface area contributed by atoms with Crippen molar-refractivity contribution in [2.24, 2.45) is 0 Å². The highest BCUT2D eigenvalue weighted by Gasteiger charge is 2.17. The van der Waals surface area contributed by atoms with Gasteiger partial charge in [-0.15, -0.1) is 0 Å². The van der Waals surface area contributed by atoms with Crippen molar-refractivity contribution in [3.63, 3.8) is 0 Å². The van der Waals surface area contributed by atoms with E-state index in [1.54, 1.807) is 0 Å². The minimum Gasteiger partial charge on any atom is -0.434 e. The van der Waals surface area contributed by atoms with Crippen LogP contribution in [0.2, 0.25) is 15.1 Å². The summed E-state index contributed by atoms with van der Waals surface area (Å²) in [5.41, 5.74) is 0.249. The van der Waals surface area contributed by atoms with Gasteiger partial charge in [0.2, 0.25) is 0 Å². The molecule has 0 aromatic heterocycles. The van der Waals surface area contributed by atoms with Crippen LogP contribution in [0.25, 0.3) is 11.1 Å².